The lowest BCUT2D eigenvalue weighted by atomic mass is 10.0. The van der Waals surface area contributed by atoms with Gasteiger partial charge in [-0.05, 0) is 43.8 Å². The normalized spacial score (nSPS) is 12.6. The van der Waals surface area contributed by atoms with Crippen molar-refractivity contribution in [1.82, 2.24) is 15.1 Å². The van der Waals surface area contributed by atoms with Crippen LogP contribution in [0.2, 0.25) is 0 Å². The average molecular weight is 275 g/mol. The van der Waals surface area contributed by atoms with Crippen molar-refractivity contribution in [2.75, 3.05) is 13.3 Å². The van der Waals surface area contributed by atoms with Gasteiger partial charge >= 0.3 is 0 Å². The van der Waals surface area contributed by atoms with Crippen LogP contribution in [-0.4, -0.2) is 23.1 Å². The van der Waals surface area contributed by atoms with Gasteiger partial charge in [0.1, 0.15) is 0 Å². The molecule has 4 heteroatoms. The maximum atomic E-state index is 4.34. The number of hydrogen-bond acceptors (Lipinski definition) is 3. The van der Waals surface area contributed by atoms with Crippen molar-refractivity contribution in [3.05, 3.63) is 47.8 Å². The van der Waals surface area contributed by atoms with Gasteiger partial charge in [-0.1, -0.05) is 18.2 Å². The van der Waals surface area contributed by atoms with E-state index in [2.05, 4.69) is 54.1 Å². The van der Waals surface area contributed by atoms with E-state index in [0.29, 0.717) is 6.04 Å². The minimum Gasteiger partial charge on any atom is -0.313 e. The quantitative estimate of drug-likeness (QED) is 0.821. The van der Waals surface area contributed by atoms with Crippen molar-refractivity contribution in [3.8, 4) is 0 Å². The van der Waals surface area contributed by atoms with Gasteiger partial charge in [0.15, 0.2) is 0 Å². The first-order valence-corrected chi connectivity index (χ1v) is 7.82. The van der Waals surface area contributed by atoms with Gasteiger partial charge in [0.05, 0.1) is 6.20 Å². The Kier molecular flexibility index (Phi) is 5.05. The summed E-state index contributed by atoms with van der Waals surface area (Å²) in [6.45, 7) is 3.03. The highest BCUT2D eigenvalue weighted by atomic mass is 32.2. The molecular weight excluding hydrogens is 254 g/mol. The van der Waals surface area contributed by atoms with Gasteiger partial charge < -0.3 is 5.32 Å². The van der Waals surface area contributed by atoms with Crippen molar-refractivity contribution >= 4 is 11.8 Å². The van der Waals surface area contributed by atoms with E-state index >= 15 is 0 Å². The molecule has 0 fully saturated rings. The highest BCUT2D eigenvalue weighted by molar-refractivity contribution is 7.98. The molecule has 0 bridgehead atoms. The Morgan fingerprint density at radius 3 is 2.79 bits per heavy atom. The van der Waals surface area contributed by atoms with E-state index in [4.69, 9.17) is 0 Å². The standard InChI is InChI=1S/C15H21N3S/c1-4-18-11-12(10-17-18)9-14(16-2)13-7-5-6-8-15(13)19-3/h5-8,10-11,14,16H,4,9H2,1-3H3. The Morgan fingerprint density at radius 2 is 2.16 bits per heavy atom. The molecule has 1 N–H and O–H groups in total. The number of rotatable bonds is 6. The van der Waals surface area contributed by atoms with Crippen molar-refractivity contribution in [1.29, 1.82) is 0 Å². The molecule has 1 aromatic carbocycles. The Balaban J connectivity index is 2.19. The van der Waals surface area contributed by atoms with Gasteiger partial charge in [0.25, 0.3) is 0 Å². The highest BCUT2D eigenvalue weighted by Crippen LogP contribution is 2.27. The second-order valence-electron chi connectivity index (χ2n) is 4.49. The van der Waals surface area contributed by atoms with Gasteiger partial charge in [0, 0.05) is 23.7 Å². The van der Waals surface area contributed by atoms with Crippen LogP contribution in [0.3, 0.4) is 0 Å². The smallest absolute Gasteiger partial charge is 0.0522 e. The van der Waals surface area contributed by atoms with Gasteiger partial charge in [-0.2, -0.15) is 5.10 Å². The van der Waals surface area contributed by atoms with Crippen LogP contribution in [0.15, 0.2) is 41.6 Å². The molecule has 1 aromatic heterocycles. The van der Waals surface area contributed by atoms with Crippen molar-refractivity contribution < 1.29 is 0 Å². The SMILES string of the molecule is CCn1cc(CC(NC)c2ccccc2SC)cn1. The molecule has 0 aliphatic rings. The predicted molar refractivity (Wildman–Crippen MR) is 81.6 cm³/mol. The molecule has 102 valence electrons. The Hall–Kier alpha value is -1.26. The summed E-state index contributed by atoms with van der Waals surface area (Å²) < 4.78 is 1.97. The number of nitrogens with one attached hydrogen (secondary N) is 1. The summed E-state index contributed by atoms with van der Waals surface area (Å²) in [5, 5.41) is 7.76. The first kappa shape index (κ1) is 14.2. The third-order valence-corrected chi connectivity index (χ3v) is 4.12. The molecule has 1 atom stereocenters. The number of aromatic nitrogens is 2. The van der Waals surface area contributed by atoms with Crippen LogP contribution in [0.4, 0.5) is 0 Å². The lowest BCUT2D eigenvalue weighted by Gasteiger charge is -2.18. The van der Waals surface area contributed by atoms with E-state index in [0.717, 1.165) is 13.0 Å². The fourth-order valence-electron chi connectivity index (χ4n) is 2.24. The molecule has 1 heterocycles. The van der Waals surface area contributed by atoms with Gasteiger partial charge in [-0.3, -0.25) is 4.68 Å². The number of aryl methyl sites for hydroxylation is 1. The number of benzene rings is 1. The topological polar surface area (TPSA) is 29.9 Å². The summed E-state index contributed by atoms with van der Waals surface area (Å²) in [4.78, 5) is 1.34. The zero-order valence-electron chi connectivity index (χ0n) is 11.8. The summed E-state index contributed by atoms with van der Waals surface area (Å²) in [5.74, 6) is 0. The molecule has 0 aliphatic heterocycles. The van der Waals surface area contributed by atoms with E-state index < -0.39 is 0 Å². The van der Waals surface area contributed by atoms with Crippen LogP contribution in [-0.2, 0) is 13.0 Å². The molecule has 19 heavy (non-hydrogen) atoms. The van der Waals surface area contributed by atoms with Gasteiger partial charge in [-0.25, -0.2) is 0 Å². The molecule has 0 saturated carbocycles. The van der Waals surface area contributed by atoms with Crippen LogP contribution in [0.5, 0.6) is 0 Å². The second-order valence-corrected chi connectivity index (χ2v) is 5.34. The van der Waals surface area contributed by atoms with Crippen LogP contribution >= 0.6 is 11.8 Å². The summed E-state index contributed by atoms with van der Waals surface area (Å²) in [6, 6.07) is 8.92. The maximum Gasteiger partial charge on any atom is 0.0522 e. The molecule has 0 radical (unpaired) electrons. The van der Waals surface area contributed by atoms with E-state index in [1.165, 1.54) is 16.0 Å². The van der Waals surface area contributed by atoms with Crippen LogP contribution in [0, 0.1) is 0 Å². The van der Waals surface area contributed by atoms with E-state index in [9.17, 15) is 0 Å². The monoisotopic (exact) mass is 275 g/mol. The lowest BCUT2D eigenvalue weighted by Crippen LogP contribution is -2.19. The molecule has 3 nitrogen and oxygen atoms in total. The summed E-state index contributed by atoms with van der Waals surface area (Å²) in [7, 11) is 2.02. The van der Waals surface area contributed by atoms with E-state index in [1.807, 2.05) is 17.9 Å². The molecule has 1 unspecified atom stereocenters. The number of likely N-dealkylation sites (N-methyl/N-ethyl adjacent to an activating group) is 1. The van der Waals surface area contributed by atoms with Crippen LogP contribution in [0.1, 0.15) is 24.1 Å². The number of hydrogen-bond donors (Lipinski definition) is 1. The average Bonchev–Trinajstić information content (AvgIpc) is 2.92. The summed E-state index contributed by atoms with van der Waals surface area (Å²) >= 11 is 1.80. The van der Waals surface area contributed by atoms with E-state index in [1.54, 1.807) is 11.8 Å². The fraction of sp³-hybridized carbons (Fsp3) is 0.400. The number of nitrogens with zero attached hydrogens (tertiary/aromatic N) is 2. The zero-order chi connectivity index (χ0) is 13.7. The number of thioether (sulfide) groups is 1. The maximum absolute atomic E-state index is 4.34. The van der Waals surface area contributed by atoms with E-state index in [-0.39, 0.29) is 0 Å². The molecule has 0 saturated heterocycles. The first-order chi connectivity index (χ1) is 9.28. The molecule has 2 aromatic rings. The largest absolute Gasteiger partial charge is 0.313 e. The Labute approximate surface area is 119 Å². The lowest BCUT2D eigenvalue weighted by molar-refractivity contribution is 0.582. The van der Waals surface area contributed by atoms with Crippen molar-refractivity contribution in [2.45, 2.75) is 30.8 Å². The summed E-state index contributed by atoms with van der Waals surface area (Å²) in [5.41, 5.74) is 2.64. The van der Waals surface area contributed by atoms with Crippen LogP contribution < -0.4 is 5.32 Å². The first-order valence-electron chi connectivity index (χ1n) is 6.60. The third-order valence-electron chi connectivity index (χ3n) is 3.31. The summed E-state index contributed by atoms with van der Waals surface area (Å²) in [6.07, 6.45) is 7.19. The predicted octanol–water partition coefficient (Wildman–Crippen LogP) is 3.13. The van der Waals surface area contributed by atoms with Gasteiger partial charge in [-0.15, -0.1) is 11.8 Å². The zero-order valence-corrected chi connectivity index (χ0v) is 12.6. The van der Waals surface area contributed by atoms with Crippen molar-refractivity contribution in [3.63, 3.8) is 0 Å². The molecule has 2 rings (SSSR count). The molecule has 0 spiro atoms. The minimum absolute atomic E-state index is 0.332. The molecule has 0 amide bonds. The van der Waals surface area contributed by atoms with Crippen molar-refractivity contribution in [2.24, 2.45) is 0 Å². The Morgan fingerprint density at radius 1 is 1.37 bits per heavy atom. The second kappa shape index (κ2) is 6.78. The molecular formula is C15H21N3S. The highest BCUT2D eigenvalue weighted by Gasteiger charge is 2.14. The molecule has 0 aliphatic carbocycles. The minimum atomic E-state index is 0.332. The Bertz CT molecular complexity index is 522. The fourth-order valence-corrected chi connectivity index (χ4v) is 2.90. The third kappa shape index (κ3) is 3.39. The van der Waals surface area contributed by atoms with Crippen LogP contribution in [0.25, 0.3) is 0 Å². The van der Waals surface area contributed by atoms with Gasteiger partial charge in [0.2, 0.25) is 0 Å².